The Kier molecular flexibility index (Phi) is 6.58. The zero-order valence-electron chi connectivity index (χ0n) is 16.7. The summed E-state index contributed by atoms with van der Waals surface area (Å²) in [6, 6.07) is 11.8. The normalized spacial score (nSPS) is 10.6. The number of amides is 2. The highest BCUT2D eigenvalue weighted by atomic mass is 35.5. The van der Waals surface area contributed by atoms with Crippen molar-refractivity contribution in [2.45, 2.75) is 20.0 Å². The lowest BCUT2D eigenvalue weighted by Crippen LogP contribution is -2.41. The summed E-state index contributed by atoms with van der Waals surface area (Å²) < 4.78 is 12.4. The van der Waals surface area contributed by atoms with Crippen LogP contribution >= 0.6 is 11.6 Å². The van der Waals surface area contributed by atoms with Gasteiger partial charge in [-0.3, -0.25) is 20.4 Å². The van der Waals surface area contributed by atoms with Gasteiger partial charge in [0.1, 0.15) is 0 Å². The molecule has 2 amide bonds. The lowest BCUT2D eigenvalue weighted by molar-refractivity contribution is 0.0846. The molecule has 0 saturated carbocycles. The van der Waals surface area contributed by atoms with E-state index in [1.807, 2.05) is 13.8 Å². The molecule has 0 radical (unpaired) electrons. The number of carbonyl (C=O) groups excluding carboxylic acids is 2. The van der Waals surface area contributed by atoms with Gasteiger partial charge in [0.25, 0.3) is 11.8 Å². The number of benzene rings is 2. The van der Waals surface area contributed by atoms with Crippen LogP contribution in [0.25, 0.3) is 5.69 Å². The zero-order chi connectivity index (χ0) is 21.7. The van der Waals surface area contributed by atoms with E-state index in [1.54, 1.807) is 42.6 Å². The van der Waals surface area contributed by atoms with E-state index in [4.69, 9.17) is 21.1 Å². The van der Waals surface area contributed by atoms with Crippen molar-refractivity contribution >= 4 is 23.4 Å². The van der Waals surface area contributed by atoms with Crippen molar-refractivity contribution in [3.63, 3.8) is 0 Å². The summed E-state index contributed by atoms with van der Waals surface area (Å²) in [7, 11) is 1.49. The van der Waals surface area contributed by atoms with Crippen molar-refractivity contribution in [1.29, 1.82) is 0 Å². The number of ether oxygens (including phenoxy) is 2. The predicted molar refractivity (Wildman–Crippen MR) is 112 cm³/mol. The monoisotopic (exact) mass is 428 g/mol. The third kappa shape index (κ3) is 5.09. The Bertz CT molecular complexity index is 1050. The Balaban J connectivity index is 1.63. The number of hydrogen-bond acceptors (Lipinski definition) is 5. The SMILES string of the molecule is COc1cc(C(=O)NNC(=O)c2cnn(-c3ccc(Cl)cc3)c2)ccc1OC(C)C. The Morgan fingerprint density at radius 1 is 1.00 bits per heavy atom. The molecule has 156 valence electrons. The molecule has 0 atom stereocenters. The highest BCUT2D eigenvalue weighted by molar-refractivity contribution is 6.30. The molecule has 0 aliphatic heterocycles. The average Bonchev–Trinajstić information content (AvgIpc) is 3.22. The van der Waals surface area contributed by atoms with E-state index >= 15 is 0 Å². The molecule has 30 heavy (non-hydrogen) atoms. The minimum atomic E-state index is -0.504. The number of halogens is 1. The van der Waals surface area contributed by atoms with Gasteiger partial charge in [-0.15, -0.1) is 0 Å². The lowest BCUT2D eigenvalue weighted by atomic mass is 10.2. The summed E-state index contributed by atoms with van der Waals surface area (Å²) in [4.78, 5) is 24.7. The molecule has 0 unspecified atom stereocenters. The first-order valence-corrected chi connectivity index (χ1v) is 9.51. The number of nitrogens with zero attached hydrogens (tertiary/aromatic N) is 2. The second kappa shape index (κ2) is 9.32. The van der Waals surface area contributed by atoms with Crippen LogP contribution in [0.2, 0.25) is 5.02 Å². The molecule has 0 spiro atoms. The minimum absolute atomic E-state index is 0.0355. The first-order chi connectivity index (χ1) is 14.4. The molecule has 1 aromatic heterocycles. The predicted octanol–water partition coefficient (Wildman–Crippen LogP) is 3.40. The zero-order valence-corrected chi connectivity index (χ0v) is 17.4. The van der Waals surface area contributed by atoms with Gasteiger partial charge in [0.05, 0.1) is 30.7 Å². The van der Waals surface area contributed by atoms with Gasteiger partial charge < -0.3 is 9.47 Å². The molecule has 0 aliphatic carbocycles. The molecule has 0 bridgehead atoms. The van der Waals surface area contributed by atoms with Crippen LogP contribution in [0.1, 0.15) is 34.6 Å². The van der Waals surface area contributed by atoms with Crippen LogP contribution in [-0.2, 0) is 0 Å². The lowest BCUT2D eigenvalue weighted by Gasteiger charge is -2.14. The van der Waals surface area contributed by atoms with Gasteiger partial charge >= 0.3 is 0 Å². The van der Waals surface area contributed by atoms with E-state index < -0.39 is 11.8 Å². The first kappa shape index (κ1) is 21.2. The van der Waals surface area contributed by atoms with Crippen molar-refractivity contribution in [3.05, 3.63) is 71.0 Å². The number of aromatic nitrogens is 2. The summed E-state index contributed by atoms with van der Waals surface area (Å²) in [5.41, 5.74) is 6.08. The molecule has 0 fully saturated rings. The number of rotatable bonds is 6. The number of carbonyl (C=O) groups is 2. The summed E-state index contributed by atoms with van der Waals surface area (Å²) in [5.74, 6) is -0.0484. The quantitative estimate of drug-likeness (QED) is 0.587. The molecule has 2 N–H and O–H groups in total. The third-order valence-electron chi connectivity index (χ3n) is 4.01. The van der Waals surface area contributed by atoms with Gasteiger partial charge in [-0.1, -0.05) is 11.6 Å². The molecule has 1 heterocycles. The van der Waals surface area contributed by atoms with E-state index in [-0.39, 0.29) is 11.7 Å². The average molecular weight is 429 g/mol. The number of hydrogen-bond donors (Lipinski definition) is 2. The molecule has 8 nitrogen and oxygen atoms in total. The molecule has 2 aromatic carbocycles. The van der Waals surface area contributed by atoms with Gasteiger partial charge in [0.2, 0.25) is 0 Å². The summed E-state index contributed by atoms with van der Waals surface area (Å²) in [6.45, 7) is 3.79. The van der Waals surface area contributed by atoms with Crippen LogP contribution in [0.15, 0.2) is 54.9 Å². The van der Waals surface area contributed by atoms with Crippen LogP contribution in [0.5, 0.6) is 11.5 Å². The van der Waals surface area contributed by atoms with E-state index in [9.17, 15) is 9.59 Å². The largest absolute Gasteiger partial charge is 0.493 e. The molecule has 3 aromatic rings. The second-order valence-corrected chi connectivity index (χ2v) is 7.03. The molecule has 0 aliphatic rings. The Morgan fingerprint density at radius 2 is 1.67 bits per heavy atom. The van der Waals surface area contributed by atoms with Crippen LogP contribution in [-0.4, -0.2) is 34.8 Å². The van der Waals surface area contributed by atoms with Crippen LogP contribution in [0, 0.1) is 0 Å². The highest BCUT2D eigenvalue weighted by Crippen LogP contribution is 2.28. The number of methoxy groups -OCH3 is 1. The fourth-order valence-electron chi connectivity index (χ4n) is 2.59. The van der Waals surface area contributed by atoms with Crippen LogP contribution in [0.4, 0.5) is 0 Å². The van der Waals surface area contributed by atoms with Gasteiger partial charge in [-0.05, 0) is 56.3 Å². The maximum Gasteiger partial charge on any atom is 0.272 e. The van der Waals surface area contributed by atoms with Gasteiger partial charge in [-0.25, -0.2) is 4.68 Å². The van der Waals surface area contributed by atoms with Crippen LogP contribution < -0.4 is 20.3 Å². The van der Waals surface area contributed by atoms with Crippen molar-refractivity contribution < 1.29 is 19.1 Å². The first-order valence-electron chi connectivity index (χ1n) is 9.13. The van der Waals surface area contributed by atoms with E-state index in [1.165, 1.54) is 24.1 Å². The van der Waals surface area contributed by atoms with Crippen molar-refractivity contribution in [2.24, 2.45) is 0 Å². The smallest absolute Gasteiger partial charge is 0.272 e. The highest BCUT2D eigenvalue weighted by Gasteiger charge is 2.14. The maximum absolute atomic E-state index is 12.4. The number of nitrogens with one attached hydrogen (secondary N) is 2. The van der Waals surface area contributed by atoms with Gasteiger partial charge in [0.15, 0.2) is 11.5 Å². The Labute approximate surface area is 178 Å². The number of hydrazine groups is 1. The second-order valence-electron chi connectivity index (χ2n) is 6.59. The Hall–Kier alpha value is -3.52. The maximum atomic E-state index is 12.4. The summed E-state index contributed by atoms with van der Waals surface area (Å²) in [5, 5.41) is 4.75. The Morgan fingerprint density at radius 3 is 2.30 bits per heavy atom. The molecule has 0 saturated heterocycles. The van der Waals surface area contributed by atoms with Crippen molar-refractivity contribution in [1.82, 2.24) is 20.6 Å². The third-order valence-corrected chi connectivity index (χ3v) is 4.27. The molecule has 3 rings (SSSR count). The van der Waals surface area contributed by atoms with Gasteiger partial charge in [-0.2, -0.15) is 5.10 Å². The fraction of sp³-hybridized carbons (Fsp3) is 0.190. The molecular formula is C21H21ClN4O4. The van der Waals surface area contributed by atoms with E-state index in [2.05, 4.69) is 16.0 Å². The van der Waals surface area contributed by atoms with Crippen molar-refractivity contribution in [3.8, 4) is 17.2 Å². The summed E-state index contributed by atoms with van der Waals surface area (Å²) >= 11 is 5.88. The topological polar surface area (TPSA) is 94.5 Å². The van der Waals surface area contributed by atoms with E-state index in [0.717, 1.165) is 5.69 Å². The fourth-order valence-corrected chi connectivity index (χ4v) is 2.72. The molecule has 9 heteroatoms. The minimum Gasteiger partial charge on any atom is -0.493 e. The molecular weight excluding hydrogens is 408 g/mol. The van der Waals surface area contributed by atoms with Crippen molar-refractivity contribution in [2.75, 3.05) is 7.11 Å². The standard InChI is InChI=1S/C21H21ClN4O4/c1-13(2)30-18-9-4-14(10-19(18)29-3)20(27)24-25-21(28)15-11-23-26(12-15)17-7-5-16(22)6-8-17/h4-13H,1-3H3,(H,24,27)(H,25,28). The summed E-state index contributed by atoms with van der Waals surface area (Å²) in [6.07, 6.45) is 2.91. The van der Waals surface area contributed by atoms with Crippen LogP contribution in [0.3, 0.4) is 0 Å². The van der Waals surface area contributed by atoms with E-state index in [0.29, 0.717) is 22.1 Å². The van der Waals surface area contributed by atoms with Gasteiger partial charge in [0, 0.05) is 16.8 Å².